The van der Waals surface area contributed by atoms with Gasteiger partial charge in [0.2, 0.25) is 11.9 Å². The highest BCUT2D eigenvalue weighted by Crippen LogP contribution is 2.26. The molecule has 0 fully saturated rings. The molecule has 0 bridgehead atoms. The number of thioether (sulfide) groups is 1. The molecular weight excluding hydrogens is 246 g/mol. The van der Waals surface area contributed by atoms with E-state index >= 15 is 0 Å². The molecule has 0 saturated carbocycles. The number of hydrogen-bond donors (Lipinski definition) is 1. The predicted molar refractivity (Wildman–Crippen MR) is 78.0 cm³/mol. The molecule has 2 N–H and O–H groups in total. The Morgan fingerprint density at radius 1 is 1.11 bits per heavy atom. The molecule has 0 saturated heterocycles. The maximum atomic E-state index is 5.76. The fraction of sp³-hybridized carbons (Fsp3) is 0.750. The molecule has 102 valence electrons. The summed E-state index contributed by atoms with van der Waals surface area (Å²) in [7, 11) is 0. The van der Waals surface area contributed by atoms with Crippen LogP contribution in [-0.4, -0.2) is 33.3 Å². The molecule has 0 amide bonds. The first-order valence-electron chi connectivity index (χ1n) is 6.41. The van der Waals surface area contributed by atoms with Gasteiger partial charge in [-0.05, 0) is 19.8 Å². The zero-order valence-corrected chi connectivity index (χ0v) is 12.7. The van der Waals surface area contributed by atoms with E-state index in [9.17, 15) is 0 Å². The third kappa shape index (κ3) is 4.01. The van der Waals surface area contributed by atoms with Crippen molar-refractivity contribution < 1.29 is 0 Å². The fourth-order valence-corrected chi connectivity index (χ4v) is 2.25. The van der Waals surface area contributed by atoms with Gasteiger partial charge in [-0.1, -0.05) is 32.5 Å². The highest BCUT2D eigenvalue weighted by molar-refractivity contribution is 7.99. The lowest BCUT2D eigenvalue weighted by Gasteiger charge is -2.19. The summed E-state index contributed by atoms with van der Waals surface area (Å²) < 4.78 is 0. The lowest BCUT2D eigenvalue weighted by atomic mass is 10.2. The summed E-state index contributed by atoms with van der Waals surface area (Å²) in [5, 5.41) is 1.17. The molecule has 5 nitrogen and oxygen atoms in total. The molecule has 1 heterocycles. The highest BCUT2D eigenvalue weighted by Gasteiger charge is 2.14. The minimum atomic E-state index is 0.297. The van der Waals surface area contributed by atoms with Gasteiger partial charge in [0.1, 0.15) is 0 Å². The SMILES string of the molecule is CCN(CC)c1nc(N)nc(SC(C)C(C)C)n1. The van der Waals surface area contributed by atoms with E-state index in [-0.39, 0.29) is 0 Å². The zero-order chi connectivity index (χ0) is 13.7. The lowest BCUT2D eigenvalue weighted by Crippen LogP contribution is -2.25. The molecule has 0 aliphatic rings. The van der Waals surface area contributed by atoms with E-state index in [1.807, 2.05) is 0 Å². The summed E-state index contributed by atoms with van der Waals surface area (Å²) in [6, 6.07) is 0. The van der Waals surface area contributed by atoms with Gasteiger partial charge in [0.05, 0.1) is 0 Å². The molecular formula is C12H23N5S. The summed E-state index contributed by atoms with van der Waals surface area (Å²) >= 11 is 1.65. The van der Waals surface area contributed by atoms with Crippen LogP contribution in [0.4, 0.5) is 11.9 Å². The van der Waals surface area contributed by atoms with E-state index in [1.165, 1.54) is 0 Å². The highest BCUT2D eigenvalue weighted by atomic mass is 32.2. The van der Waals surface area contributed by atoms with Crippen molar-refractivity contribution in [1.82, 2.24) is 15.0 Å². The van der Waals surface area contributed by atoms with Crippen LogP contribution < -0.4 is 10.6 Å². The van der Waals surface area contributed by atoms with Crippen molar-refractivity contribution in [3.63, 3.8) is 0 Å². The van der Waals surface area contributed by atoms with Crippen molar-refractivity contribution in [3.8, 4) is 0 Å². The van der Waals surface area contributed by atoms with Crippen LogP contribution in [-0.2, 0) is 0 Å². The Morgan fingerprint density at radius 2 is 1.72 bits per heavy atom. The average molecular weight is 269 g/mol. The van der Waals surface area contributed by atoms with E-state index in [1.54, 1.807) is 11.8 Å². The number of hydrogen-bond acceptors (Lipinski definition) is 6. The van der Waals surface area contributed by atoms with Crippen LogP contribution in [0, 0.1) is 5.92 Å². The van der Waals surface area contributed by atoms with Gasteiger partial charge in [-0.25, -0.2) is 0 Å². The Kier molecular flexibility index (Phi) is 5.65. The van der Waals surface area contributed by atoms with Crippen molar-refractivity contribution in [3.05, 3.63) is 0 Å². The summed E-state index contributed by atoms with van der Waals surface area (Å²) in [5.74, 6) is 1.54. The molecule has 1 atom stereocenters. The summed E-state index contributed by atoms with van der Waals surface area (Å²) in [5.41, 5.74) is 5.76. The Labute approximate surface area is 114 Å². The number of rotatable bonds is 6. The molecule has 0 spiro atoms. The Hall–Kier alpha value is -1.04. The average Bonchev–Trinajstić information content (AvgIpc) is 2.29. The lowest BCUT2D eigenvalue weighted by molar-refractivity contribution is 0.639. The Morgan fingerprint density at radius 3 is 2.22 bits per heavy atom. The monoisotopic (exact) mass is 269 g/mol. The first kappa shape index (κ1) is 15.0. The van der Waals surface area contributed by atoms with Crippen LogP contribution in [0.5, 0.6) is 0 Å². The number of anilines is 2. The van der Waals surface area contributed by atoms with E-state index in [0.29, 0.717) is 28.2 Å². The van der Waals surface area contributed by atoms with Gasteiger partial charge < -0.3 is 10.6 Å². The van der Waals surface area contributed by atoms with Gasteiger partial charge in [0.25, 0.3) is 0 Å². The van der Waals surface area contributed by atoms with E-state index in [4.69, 9.17) is 5.73 Å². The van der Waals surface area contributed by atoms with Gasteiger partial charge in [-0.2, -0.15) is 15.0 Å². The number of nitrogens with two attached hydrogens (primary N) is 1. The van der Waals surface area contributed by atoms with E-state index < -0.39 is 0 Å². The smallest absolute Gasteiger partial charge is 0.231 e. The maximum absolute atomic E-state index is 5.76. The maximum Gasteiger partial charge on any atom is 0.231 e. The molecule has 18 heavy (non-hydrogen) atoms. The minimum absolute atomic E-state index is 0.297. The van der Waals surface area contributed by atoms with Gasteiger partial charge in [-0.3, -0.25) is 0 Å². The largest absolute Gasteiger partial charge is 0.368 e. The third-order valence-electron chi connectivity index (χ3n) is 2.90. The second-order valence-electron chi connectivity index (χ2n) is 4.52. The number of nitrogen functional groups attached to an aromatic ring is 1. The minimum Gasteiger partial charge on any atom is -0.368 e. The molecule has 0 aliphatic carbocycles. The molecule has 1 rings (SSSR count). The van der Waals surface area contributed by atoms with Crippen molar-refractivity contribution in [1.29, 1.82) is 0 Å². The summed E-state index contributed by atoms with van der Waals surface area (Å²) in [4.78, 5) is 15.0. The summed E-state index contributed by atoms with van der Waals surface area (Å²) in [6.45, 7) is 12.4. The van der Waals surface area contributed by atoms with Crippen molar-refractivity contribution in [2.75, 3.05) is 23.7 Å². The van der Waals surface area contributed by atoms with Gasteiger partial charge in [-0.15, -0.1) is 0 Å². The third-order valence-corrected chi connectivity index (χ3v) is 4.21. The first-order valence-corrected chi connectivity index (χ1v) is 7.29. The van der Waals surface area contributed by atoms with E-state index in [2.05, 4.69) is 54.5 Å². The number of nitrogens with zero attached hydrogens (tertiary/aromatic N) is 4. The standard InChI is InChI=1S/C12H23N5S/c1-6-17(7-2)11-14-10(13)15-12(16-11)18-9(5)8(3)4/h8-9H,6-7H2,1-5H3,(H2,13,14,15,16). The molecule has 0 radical (unpaired) electrons. The second-order valence-corrected chi connectivity index (χ2v) is 5.86. The van der Waals surface area contributed by atoms with Crippen molar-refractivity contribution in [2.24, 2.45) is 5.92 Å². The zero-order valence-electron chi connectivity index (χ0n) is 11.8. The van der Waals surface area contributed by atoms with Crippen molar-refractivity contribution in [2.45, 2.75) is 45.0 Å². The van der Waals surface area contributed by atoms with Crippen LogP contribution in [0.2, 0.25) is 0 Å². The molecule has 1 unspecified atom stereocenters. The summed E-state index contributed by atoms with van der Waals surface area (Å²) in [6.07, 6.45) is 0. The molecule has 0 aliphatic heterocycles. The van der Waals surface area contributed by atoms with Crippen LogP contribution >= 0.6 is 11.8 Å². The van der Waals surface area contributed by atoms with Crippen LogP contribution in [0.3, 0.4) is 0 Å². The topological polar surface area (TPSA) is 67.9 Å². The molecule has 0 aromatic carbocycles. The predicted octanol–water partition coefficient (Wildman–Crippen LogP) is 2.44. The molecule has 1 aromatic rings. The quantitative estimate of drug-likeness (QED) is 0.800. The van der Waals surface area contributed by atoms with E-state index in [0.717, 1.165) is 13.1 Å². The second kappa shape index (κ2) is 6.78. The van der Waals surface area contributed by atoms with Crippen molar-refractivity contribution >= 4 is 23.7 Å². The van der Waals surface area contributed by atoms with Gasteiger partial charge in [0, 0.05) is 18.3 Å². The Balaban J connectivity index is 2.93. The molecule has 1 aromatic heterocycles. The molecule has 6 heteroatoms. The van der Waals surface area contributed by atoms with Crippen LogP contribution in [0.1, 0.15) is 34.6 Å². The number of aromatic nitrogens is 3. The van der Waals surface area contributed by atoms with Crippen LogP contribution in [0.25, 0.3) is 0 Å². The first-order chi connectivity index (χ1) is 8.47. The Bertz CT molecular complexity index is 379. The fourth-order valence-electron chi connectivity index (χ4n) is 1.36. The van der Waals surface area contributed by atoms with Gasteiger partial charge in [0.15, 0.2) is 5.16 Å². The normalized spacial score (nSPS) is 12.8. The van der Waals surface area contributed by atoms with Gasteiger partial charge >= 0.3 is 0 Å². The van der Waals surface area contributed by atoms with Crippen LogP contribution in [0.15, 0.2) is 5.16 Å².